The van der Waals surface area contributed by atoms with E-state index in [1.165, 1.54) is 12.8 Å². The van der Waals surface area contributed by atoms with Crippen LogP contribution in [0.4, 0.5) is 5.69 Å². The Bertz CT molecular complexity index is 496. The second-order valence-electron chi connectivity index (χ2n) is 6.25. The van der Waals surface area contributed by atoms with Crippen LogP contribution in [0.3, 0.4) is 0 Å². The molecule has 1 fully saturated rings. The summed E-state index contributed by atoms with van der Waals surface area (Å²) in [5, 5.41) is 6.45. The highest BCUT2D eigenvalue weighted by Crippen LogP contribution is 2.25. The van der Waals surface area contributed by atoms with Crippen LogP contribution in [0.5, 0.6) is 5.75 Å². The number of benzene rings is 1. The first-order valence-corrected chi connectivity index (χ1v) is 8.34. The minimum Gasteiger partial charge on any atom is -0.494 e. The van der Waals surface area contributed by atoms with Crippen LogP contribution in [0, 0.1) is 18.8 Å². The van der Waals surface area contributed by atoms with Gasteiger partial charge in [0.25, 0.3) is 0 Å². The van der Waals surface area contributed by atoms with E-state index in [4.69, 9.17) is 4.74 Å². The Kier molecular flexibility index (Phi) is 6.25. The summed E-state index contributed by atoms with van der Waals surface area (Å²) in [5.74, 6) is 1.97. The van der Waals surface area contributed by atoms with Gasteiger partial charge in [-0.2, -0.15) is 0 Å². The molecule has 2 rings (SSSR count). The third-order valence-electron chi connectivity index (χ3n) is 4.43. The monoisotopic (exact) mass is 304 g/mol. The van der Waals surface area contributed by atoms with E-state index < -0.39 is 0 Å². The Morgan fingerprint density at radius 3 is 2.95 bits per heavy atom. The minimum absolute atomic E-state index is 0.102. The van der Waals surface area contributed by atoms with Crippen molar-refractivity contribution in [1.82, 2.24) is 5.32 Å². The number of hydrogen-bond donors (Lipinski definition) is 2. The summed E-state index contributed by atoms with van der Waals surface area (Å²) < 4.78 is 5.47. The van der Waals surface area contributed by atoms with Crippen LogP contribution in [-0.2, 0) is 4.79 Å². The lowest BCUT2D eigenvalue weighted by Crippen LogP contribution is -2.34. The van der Waals surface area contributed by atoms with Crippen molar-refractivity contribution in [3.8, 4) is 5.75 Å². The van der Waals surface area contributed by atoms with Crippen molar-refractivity contribution >= 4 is 11.6 Å². The van der Waals surface area contributed by atoms with Crippen molar-refractivity contribution in [2.24, 2.45) is 11.8 Å². The molecule has 1 heterocycles. The largest absolute Gasteiger partial charge is 0.494 e. The summed E-state index contributed by atoms with van der Waals surface area (Å²) >= 11 is 0. The maximum absolute atomic E-state index is 12.3. The number of carbonyl (C=O) groups is 1. The first kappa shape index (κ1) is 16.8. The summed E-state index contributed by atoms with van der Waals surface area (Å²) in [7, 11) is 0. The smallest absolute Gasteiger partial charge is 0.224 e. The fourth-order valence-corrected chi connectivity index (χ4v) is 3.06. The number of anilines is 1. The zero-order valence-electron chi connectivity index (χ0n) is 13.9. The van der Waals surface area contributed by atoms with Crippen LogP contribution in [-0.4, -0.2) is 25.6 Å². The maximum atomic E-state index is 12.3. The molecule has 1 aliphatic rings. The van der Waals surface area contributed by atoms with Gasteiger partial charge in [-0.25, -0.2) is 0 Å². The number of nitrogens with one attached hydrogen (secondary N) is 2. The van der Waals surface area contributed by atoms with Gasteiger partial charge in [0, 0.05) is 12.1 Å². The molecule has 2 unspecified atom stereocenters. The van der Waals surface area contributed by atoms with Crippen LogP contribution in [0.1, 0.15) is 38.7 Å². The van der Waals surface area contributed by atoms with Gasteiger partial charge in [0.1, 0.15) is 5.75 Å². The highest BCUT2D eigenvalue weighted by molar-refractivity contribution is 5.91. The van der Waals surface area contributed by atoms with E-state index in [0.29, 0.717) is 24.9 Å². The molecule has 2 N–H and O–H groups in total. The molecule has 0 saturated carbocycles. The van der Waals surface area contributed by atoms with Crippen LogP contribution >= 0.6 is 0 Å². The van der Waals surface area contributed by atoms with Crippen molar-refractivity contribution in [2.45, 2.75) is 40.0 Å². The number of carbonyl (C=O) groups excluding carboxylic acids is 1. The summed E-state index contributed by atoms with van der Waals surface area (Å²) in [5.41, 5.74) is 1.91. The average molecular weight is 304 g/mol. The Morgan fingerprint density at radius 1 is 1.50 bits per heavy atom. The molecule has 2 atom stereocenters. The maximum Gasteiger partial charge on any atom is 0.224 e. The molecule has 22 heavy (non-hydrogen) atoms. The van der Waals surface area contributed by atoms with E-state index in [-0.39, 0.29) is 5.91 Å². The Labute approximate surface area is 133 Å². The van der Waals surface area contributed by atoms with Crippen molar-refractivity contribution in [1.29, 1.82) is 0 Å². The quantitative estimate of drug-likeness (QED) is 0.847. The number of ether oxygens (including phenoxy) is 1. The molecule has 0 aromatic heterocycles. The lowest BCUT2D eigenvalue weighted by molar-refractivity contribution is -0.117. The third kappa shape index (κ3) is 4.73. The highest BCUT2D eigenvalue weighted by Gasteiger charge is 2.22. The lowest BCUT2D eigenvalue weighted by Gasteiger charge is -2.28. The molecule has 1 aromatic carbocycles. The van der Waals surface area contributed by atoms with E-state index in [0.717, 1.165) is 30.1 Å². The number of aryl methyl sites for hydroxylation is 1. The predicted molar refractivity (Wildman–Crippen MR) is 90.4 cm³/mol. The molecule has 122 valence electrons. The Morgan fingerprint density at radius 2 is 2.32 bits per heavy atom. The molecule has 4 heteroatoms. The fraction of sp³-hybridized carbons (Fsp3) is 0.611. The van der Waals surface area contributed by atoms with Gasteiger partial charge in [0.05, 0.1) is 6.61 Å². The van der Waals surface area contributed by atoms with Crippen molar-refractivity contribution in [3.63, 3.8) is 0 Å². The molecule has 0 bridgehead atoms. The van der Waals surface area contributed by atoms with Crippen LogP contribution in [0.2, 0.25) is 0 Å². The SMILES string of the molecule is CCOc1ccc(NC(=O)CC(C)C2CCCNC2)c(C)c1. The molecule has 1 saturated heterocycles. The zero-order chi connectivity index (χ0) is 15.9. The van der Waals surface area contributed by atoms with E-state index >= 15 is 0 Å². The second-order valence-corrected chi connectivity index (χ2v) is 6.25. The summed E-state index contributed by atoms with van der Waals surface area (Å²) in [4.78, 5) is 12.3. The molecule has 1 aliphatic heterocycles. The minimum atomic E-state index is 0.102. The molecule has 0 radical (unpaired) electrons. The second kappa shape index (κ2) is 8.18. The molecule has 0 aliphatic carbocycles. The van der Waals surface area contributed by atoms with Gasteiger partial charge in [-0.05, 0) is 75.4 Å². The number of piperidine rings is 1. The van der Waals surface area contributed by atoms with Crippen LogP contribution < -0.4 is 15.4 Å². The Hall–Kier alpha value is -1.55. The first-order valence-electron chi connectivity index (χ1n) is 8.34. The first-order chi connectivity index (χ1) is 10.6. The lowest BCUT2D eigenvalue weighted by atomic mass is 9.85. The summed E-state index contributed by atoms with van der Waals surface area (Å²) in [6, 6.07) is 5.79. The molecule has 0 spiro atoms. The van der Waals surface area contributed by atoms with Gasteiger partial charge >= 0.3 is 0 Å². The number of amides is 1. The van der Waals surface area contributed by atoms with E-state index in [9.17, 15) is 4.79 Å². The fourth-order valence-electron chi connectivity index (χ4n) is 3.06. The van der Waals surface area contributed by atoms with E-state index in [2.05, 4.69) is 17.6 Å². The summed E-state index contributed by atoms with van der Waals surface area (Å²) in [6.07, 6.45) is 3.02. The van der Waals surface area contributed by atoms with E-state index in [1.807, 2.05) is 32.0 Å². The van der Waals surface area contributed by atoms with Crippen LogP contribution in [0.15, 0.2) is 18.2 Å². The number of rotatable bonds is 6. The number of hydrogen-bond acceptors (Lipinski definition) is 3. The summed E-state index contributed by atoms with van der Waals surface area (Å²) in [6.45, 7) is 8.94. The van der Waals surface area contributed by atoms with Gasteiger partial charge < -0.3 is 15.4 Å². The highest BCUT2D eigenvalue weighted by atomic mass is 16.5. The van der Waals surface area contributed by atoms with E-state index in [1.54, 1.807) is 0 Å². The van der Waals surface area contributed by atoms with Gasteiger partial charge in [-0.1, -0.05) is 6.92 Å². The van der Waals surface area contributed by atoms with Crippen LogP contribution in [0.25, 0.3) is 0 Å². The Balaban J connectivity index is 1.88. The zero-order valence-corrected chi connectivity index (χ0v) is 13.9. The average Bonchev–Trinajstić information content (AvgIpc) is 2.51. The van der Waals surface area contributed by atoms with Gasteiger partial charge in [-0.3, -0.25) is 4.79 Å². The normalized spacial score (nSPS) is 19.5. The standard InChI is InChI=1S/C18H28N2O2/c1-4-22-16-7-8-17(14(3)10-16)20-18(21)11-13(2)15-6-5-9-19-12-15/h7-8,10,13,15,19H,4-6,9,11-12H2,1-3H3,(H,20,21). The van der Waals surface area contributed by atoms with Gasteiger partial charge in [-0.15, -0.1) is 0 Å². The molecule has 1 aromatic rings. The van der Waals surface area contributed by atoms with Crippen molar-refractivity contribution in [3.05, 3.63) is 23.8 Å². The molecular formula is C18H28N2O2. The van der Waals surface area contributed by atoms with Crippen molar-refractivity contribution in [2.75, 3.05) is 25.0 Å². The van der Waals surface area contributed by atoms with Crippen molar-refractivity contribution < 1.29 is 9.53 Å². The topological polar surface area (TPSA) is 50.4 Å². The van der Waals surface area contributed by atoms with Gasteiger partial charge in [0.2, 0.25) is 5.91 Å². The third-order valence-corrected chi connectivity index (χ3v) is 4.43. The molecule has 4 nitrogen and oxygen atoms in total. The molecular weight excluding hydrogens is 276 g/mol. The van der Waals surface area contributed by atoms with Gasteiger partial charge in [0.15, 0.2) is 0 Å². The predicted octanol–water partition coefficient (Wildman–Crippen LogP) is 3.36. The molecule has 1 amide bonds.